The van der Waals surface area contributed by atoms with E-state index in [1.165, 1.54) is 0 Å². The Kier molecular flexibility index (Phi) is 8.59. The molecular formula is C16H24NO5P. The molecule has 2 atom stereocenters. The van der Waals surface area contributed by atoms with E-state index < -0.39 is 13.6 Å². The van der Waals surface area contributed by atoms with Crippen molar-refractivity contribution >= 4 is 7.60 Å². The average Bonchev–Trinajstić information content (AvgIpc) is 2.51. The largest absolute Gasteiger partial charge is 0.424 e. The van der Waals surface area contributed by atoms with E-state index in [1.807, 2.05) is 6.07 Å². The molecule has 1 aromatic rings. The van der Waals surface area contributed by atoms with Crippen LogP contribution in [0.15, 0.2) is 43.0 Å². The van der Waals surface area contributed by atoms with Crippen LogP contribution in [0.25, 0.3) is 0 Å². The Morgan fingerprint density at radius 3 is 2.61 bits per heavy atom. The van der Waals surface area contributed by atoms with E-state index in [4.69, 9.17) is 9.05 Å². The van der Waals surface area contributed by atoms with Gasteiger partial charge in [0, 0.05) is 17.8 Å². The number of rotatable bonds is 12. The van der Waals surface area contributed by atoms with E-state index in [-0.39, 0.29) is 17.7 Å². The summed E-state index contributed by atoms with van der Waals surface area (Å²) in [7, 11) is -3.30. The van der Waals surface area contributed by atoms with Gasteiger partial charge in [0.1, 0.15) is 5.75 Å². The molecule has 0 aliphatic rings. The van der Waals surface area contributed by atoms with Crippen molar-refractivity contribution in [3.05, 3.63) is 53.1 Å². The fourth-order valence-electron chi connectivity index (χ4n) is 2.16. The van der Waals surface area contributed by atoms with Crippen LogP contribution in [0, 0.1) is 10.1 Å². The molecule has 0 fully saturated rings. The Labute approximate surface area is 137 Å². The third-order valence-electron chi connectivity index (χ3n) is 3.28. The first-order valence-corrected chi connectivity index (χ1v) is 9.46. The van der Waals surface area contributed by atoms with Gasteiger partial charge in [0.15, 0.2) is 0 Å². The summed E-state index contributed by atoms with van der Waals surface area (Å²) in [6.07, 6.45) is 3.61. The molecule has 0 amide bonds. The third kappa shape index (κ3) is 7.44. The maximum Gasteiger partial charge on any atom is 0.379 e. The maximum atomic E-state index is 12.7. The molecule has 0 aromatic heterocycles. The second-order valence-corrected chi connectivity index (χ2v) is 7.21. The summed E-state index contributed by atoms with van der Waals surface area (Å²) in [6.45, 7) is 5.58. The number of hydrogen-bond acceptors (Lipinski definition) is 5. The molecule has 2 unspecified atom stereocenters. The highest BCUT2D eigenvalue weighted by molar-refractivity contribution is 7.54. The van der Waals surface area contributed by atoms with E-state index in [9.17, 15) is 14.7 Å². The highest BCUT2D eigenvalue weighted by Crippen LogP contribution is 2.49. The second kappa shape index (κ2) is 10.2. The lowest BCUT2D eigenvalue weighted by molar-refractivity contribution is -0.524. The number of allylic oxidation sites excluding steroid dienone is 1. The lowest BCUT2D eigenvalue weighted by Crippen LogP contribution is -2.19. The number of benzene rings is 1. The lowest BCUT2D eigenvalue weighted by Gasteiger charge is -2.19. The first kappa shape index (κ1) is 19.4. The SMILES string of the molecule is C=CCCC(CCCP(=O)(OCC)Oc1ccccc1)[N+](=O)[O-]. The molecule has 0 heterocycles. The van der Waals surface area contributed by atoms with Crippen LogP contribution in [0.1, 0.15) is 32.6 Å². The third-order valence-corrected chi connectivity index (χ3v) is 5.29. The fraction of sp³-hybridized carbons (Fsp3) is 0.500. The zero-order chi connectivity index (χ0) is 17.1. The van der Waals surface area contributed by atoms with E-state index in [2.05, 4.69) is 6.58 Å². The monoisotopic (exact) mass is 341 g/mol. The van der Waals surface area contributed by atoms with Gasteiger partial charge in [0.05, 0.1) is 12.8 Å². The Balaban J connectivity index is 2.59. The summed E-state index contributed by atoms with van der Waals surface area (Å²) in [5, 5.41) is 11.0. The molecule has 0 N–H and O–H groups in total. The van der Waals surface area contributed by atoms with E-state index in [0.717, 1.165) is 0 Å². The Morgan fingerprint density at radius 2 is 2.04 bits per heavy atom. The van der Waals surface area contributed by atoms with Crippen molar-refractivity contribution in [1.29, 1.82) is 0 Å². The first-order valence-electron chi connectivity index (χ1n) is 7.73. The molecule has 23 heavy (non-hydrogen) atoms. The molecule has 6 nitrogen and oxygen atoms in total. The molecule has 1 aromatic carbocycles. The minimum Gasteiger partial charge on any atom is -0.424 e. The molecule has 0 saturated heterocycles. The van der Waals surface area contributed by atoms with Crippen molar-refractivity contribution in [1.82, 2.24) is 0 Å². The molecule has 0 aliphatic carbocycles. The van der Waals surface area contributed by atoms with Gasteiger partial charge in [-0.3, -0.25) is 10.1 Å². The molecule has 128 valence electrons. The van der Waals surface area contributed by atoms with Gasteiger partial charge in [-0.2, -0.15) is 0 Å². The van der Waals surface area contributed by atoms with E-state index in [0.29, 0.717) is 31.4 Å². The van der Waals surface area contributed by atoms with Gasteiger partial charge >= 0.3 is 7.60 Å². The standard InChI is InChI=1S/C16H24NO5P/c1-3-5-10-15(17(18)19)11-9-14-23(20,21-4-2)22-16-12-7-6-8-13-16/h3,6-8,12-13,15H,1,4-5,9-11,14H2,2H3. The van der Waals surface area contributed by atoms with Gasteiger partial charge < -0.3 is 9.05 Å². The van der Waals surface area contributed by atoms with Gasteiger partial charge in [0.2, 0.25) is 6.04 Å². The summed E-state index contributed by atoms with van der Waals surface area (Å²) >= 11 is 0. The van der Waals surface area contributed by atoms with Crippen molar-refractivity contribution in [3.8, 4) is 5.75 Å². The van der Waals surface area contributed by atoms with Crippen LogP contribution in [0.3, 0.4) is 0 Å². The van der Waals surface area contributed by atoms with Crippen LogP contribution in [-0.2, 0) is 9.09 Å². The minimum atomic E-state index is -3.30. The van der Waals surface area contributed by atoms with Gasteiger partial charge in [0.25, 0.3) is 0 Å². The van der Waals surface area contributed by atoms with Crippen molar-refractivity contribution < 1.29 is 18.5 Å². The summed E-state index contributed by atoms with van der Waals surface area (Å²) in [5.74, 6) is 0.474. The molecule has 0 saturated carbocycles. The minimum absolute atomic E-state index is 0.161. The molecular weight excluding hydrogens is 317 g/mol. The predicted molar refractivity (Wildman–Crippen MR) is 90.6 cm³/mol. The maximum absolute atomic E-state index is 12.7. The van der Waals surface area contributed by atoms with Gasteiger partial charge in [-0.1, -0.05) is 24.3 Å². The molecule has 0 bridgehead atoms. The molecule has 0 radical (unpaired) electrons. The van der Waals surface area contributed by atoms with Crippen LogP contribution in [0.5, 0.6) is 5.75 Å². The van der Waals surface area contributed by atoms with Crippen LogP contribution >= 0.6 is 7.60 Å². The highest BCUT2D eigenvalue weighted by Gasteiger charge is 2.27. The van der Waals surface area contributed by atoms with E-state index in [1.54, 1.807) is 37.3 Å². The predicted octanol–water partition coefficient (Wildman–Crippen LogP) is 4.69. The smallest absolute Gasteiger partial charge is 0.379 e. The normalized spacial score (nSPS) is 14.7. The summed E-state index contributed by atoms with van der Waals surface area (Å²) in [6, 6.07) is 8.15. The number of nitro groups is 1. The van der Waals surface area contributed by atoms with Gasteiger partial charge in [-0.05, 0) is 31.9 Å². The second-order valence-electron chi connectivity index (χ2n) is 5.10. The average molecular weight is 341 g/mol. The highest BCUT2D eigenvalue weighted by atomic mass is 31.2. The number of hydrogen-bond donors (Lipinski definition) is 0. The lowest BCUT2D eigenvalue weighted by atomic mass is 10.1. The zero-order valence-electron chi connectivity index (χ0n) is 13.4. The number of nitrogens with zero attached hydrogens (tertiary/aromatic N) is 1. The van der Waals surface area contributed by atoms with Crippen LogP contribution in [0.2, 0.25) is 0 Å². The van der Waals surface area contributed by atoms with Crippen LogP contribution in [0.4, 0.5) is 0 Å². The molecule has 0 spiro atoms. The van der Waals surface area contributed by atoms with Crippen molar-refractivity contribution in [2.75, 3.05) is 12.8 Å². The van der Waals surface area contributed by atoms with Crippen molar-refractivity contribution in [3.63, 3.8) is 0 Å². The van der Waals surface area contributed by atoms with Gasteiger partial charge in [-0.15, -0.1) is 6.58 Å². The van der Waals surface area contributed by atoms with E-state index >= 15 is 0 Å². The first-order chi connectivity index (χ1) is 11.0. The van der Waals surface area contributed by atoms with Gasteiger partial charge in [-0.25, -0.2) is 4.57 Å². The van der Waals surface area contributed by atoms with Crippen molar-refractivity contribution in [2.45, 2.75) is 38.6 Å². The molecule has 0 aliphatic heterocycles. The Morgan fingerprint density at radius 1 is 1.35 bits per heavy atom. The van der Waals surface area contributed by atoms with Crippen molar-refractivity contribution in [2.24, 2.45) is 0 Å². The van der Waals surface area contributed by atoms with Crippen LogP contribution < -0.4 is 4.52 Å². The Bertz CT molecular complexity index is 535. The number of para-hydroxylation sites is 1. The molecule has 7 heteroatoms. The summed E-state index contributed by atoms with van der Waals surface area (Å²) < 4.78 is 23.5. The van der Waals surface area contributed by atoms with Crippen LogP contribution in [-0.4, -0.2) is 23.7 Å². The fourth-order valence-corrected chi connectivity index (χ4v) is 3.84. The zero-order valence-corrected chi connectivity index (χ0v) is 14.3. The quantitative estimate of drug-likeness (QED) is 0.238. The molecule has 1 rings (SSSR count). The summed E-state index contributed by atoms with van der Waals surface area (Å²) in [5.41, 5.74) is 0. The summed E-state index contributed by atoms with van der Waals surface area (Å²) in [4.78, 5) is 10.7. The topological polar surface area (TPSA) is 78.7 Å². The Hall–Kier alpha value is -1.65.